The molecule has 0 rings (SSSR count). The average Bonchev–Trinajstić information content (AvgIpc) is 1.35. The molecule has 0 nitrogen and oxygen atoms in total. The van der Waals surface area contributed by atoms with Crippen LogP contribution >= 0.6 is 0 Å². The van der Waals surface area contributed by atoms with Crippen LogP contribution in [0.25, 0.3) is 0 Å². The SMILES string of the molecule is C=CC[Si](C)C.[Y]. The molecule has 0 heterocycles. The third-order valence-electron chi connectivity index (χ3n) is 0.553. The van der Waals surface area contributed by atoms with E-state index in [1.165, 1.54) is 6.04 Å². The van der Waals surface area contributed by atoms with Gasteiger partial charge in [-0.2, -0.15) is 0 Å². The third-order valence-corrected chi connectivity index (χ3v) is 1.66. The van der Waals surface area contributed by atoms with Crippen LogP contribution in [-0.4, -0.2) is 8.80 Å². The molecule has 0 aromatic carbocycles. The number of allylic oxidation sites excluding steroid dienone is 1. The van der Waals surface area contributed by atoms with Crippen LogP contribution < -0.4 is 0 Å². The smallest absolute Gasteiger partial charge is 0.0452 e. The van der Waals surface area contributed by atoms with Gasteiger partial charge in [0, 0.05) is 41.5 Å². The monoisotopic (exact) mass is 188 g/mol. The molecule has 0 aliphatic heterocycles. The first-order chi connectivity index (χ1) is 2.77. The minimum absolute atomic E-state index is 0. The molecule has 0 spiro atoms. The molecule has 2 radical (unpaired) electrons. The molecule has 0 N–H and O–H groups in total. The minimum atomic E-state index is -0.00360. The van der Waals surface area contributed by atoms with Crippen LogP contribution in [0.4, 0.5) is 0 Å². The molecule has 0 saturated heterocycles. The Hall–Kier alpha value is 1.06. The van der Waals surface area contributed by atoms with Crippen molar-refractivity contribution in [3.05, 3.63) is 12.7 Å². The summed E-state index contributed by atoms with van der Waals surface area (Å²) >= 11 is 0. The zero-order valence-electron chi connectivity index (χ0n) is 5.07. The van der Waals surface area contributed by atoms with E-state index < -0.39 is 0 Å². The van der Waals surface area contributed by atoms with E-state index in [1.54, 1.807) is 0 Å². The molecule has 0 aliphatic rings. The van der Waals surface area contributed by atoms with Gasteiger partial charge in [0.1, 0.15) is 0 Å². The van der Waals surface area contributed by atoms with Crippen LogP contribution in [0.3, 0.4) is 0 Å². The van der Waals surface area contributed by atoms with Gasteiger partial charge in [-0.1, -0.05) is 19.2 Å². The predicted molar refractivity (Wildman–Crippen MR) is 32.5 cm³/mol. The summed E-state index contributed by atoms with van der Waals surface area (Å²) in [7, 11) is -0.00360. The van der Waals surface area contributed by atoms with Gasteiger partial charge in [-0.15, -0.1) is 6.58 Å². The van der Waals surface area contributed by atoms with Gasteiger partial charge < -0.3 is 0 Å². The maximum Gasteiger partial charge on any atom is 0.0452 e. The van der Waals surface area contributed by atoms with E-state index in [0.29, 0.717) is 0 Å². The largest absolute Gasteiger partial charge is 0.103 e. The van der Waals surface area contributed by atoms with Crippen molar-refractivity contribution < 1.29 is 32.7 Å². The van der Waals surface area contributed by atoms with Crippen molar-refractivity contribution in [2.24, 2.45) is 0 Å². The van der Waals surface area contributed by atoms with E-state index in [2.05, 4.69) is 19.7 Å². The van der Waals surface area contributed by atoms with Crippen LogP contribution in [0, 0.1) is 0 Å². The Kier molecular flexibility index (Phi) is 11.0. The Bertz CT molecular complexity index is 43.3. The molecule has 0 fully saturated rings. The average molecular weight is 188 g/mol. The summed E-state index contributed by atoms with van der Waals surface area (Å²) in [5, 5.41) is 0. The first-order valence-corrected chi connectivity index (χ1v) is 4.88. The minimum Gasteiger partial charge on any atom is -0.103 e. The van der Waals surface area contributed by atoms with Crippen molar-refractivity contribution >= 4 is 8.80 Å². The van der Waals surface area contributed by atoms with Crippen LogP contribution in [0.5, 0.6) is 0 Å². The molecule has 0 aromatic heterocycles. The summed E-state index contributed by atoms with van der Waals surface area (Å²) in [5.74, 6) is 0. The predicted octanol–water partition coefficient (Wildman–Crippen LogP) is 1.92. The molecule has 0 amide bonds. The molecular formula is C5H11SiY. The van der Waals surface area contributed by atoms with E-state index in [1.807, 2.05) is 6.08 Å². The summed E-state index contributed by atoms with van der Waals surface area (Å²) in [4.78, 5) is 0. The fourth-order valence-corrected chi connectivity index (χ4v) is 0.866. The molecule has 7 heavy (non-hydrogen) atoms. The van der Waals surface area contributed by atoms with Gasteiger partial charge in [-0.25, -0.2) is 0 Å². The van der Waals surface area contributed by atoms with Gasteiger partial charge in [0.25, 0.3) is 0 Å². The topological polar surface area (TPSA) is 0 Å². The van der Waals surface area contributed by atoms with Crippen LogP contribution in [0.2, 0.25) is 19.1 Å². The van der Waals surface area contributed by atoms with E-state index in [4.69, 9.17) is 0 Å². The van der Waals surface area contributed by atoms with Gasteiger partial charge >= 0.3 is 0 Å². The Morgan fingerprint density at radius 2 is 2.00 bits per heavy atom. The van der Waals surface area contributed by atoms with Crippen LogP contribution in [0.1, 0.15) is 0 Å². The molecular weight excluding hydrogens is 177 g/mol. The number of rotatable bonds is 2. The molecule has 0 aromatic rings. The maximum absolute atomic E-state index is 3.63. The molecule has 0 saturated carbocycles. The third kappa shape index (κ3) is 11.0. The van der Waals surface area contributed by atoms with E-state index in [-0.39, 0.29) is 41.5 Å². The quantitative estimate of drug-likeness (QED) is 0.458. The molecule has 0 atom stereocenters. The van der Waals surface area contributed by atoms with Gasteiger partial charge in [-0.3, -0.25) is 0 Å². The first-order valence-electron chi connectivity index (χ1n) is 2.17. The first kappa shape index (κ1) is 10.9. The fourth-order valence-electron chi connectivity index (χ4n) is 0.289. The van der Waals surface area contributed by atoms with Crippen molar-refractivity contribution in [3.63, 3.8) is 0 Å². The number of hydrogen-bond acceptors (Lipinski definition) is 0. The summed E-state index contributed by atoms with van der Waals surface area (Å²) in [5.41, 5.74) is 0. The molecule has 38 valence electrons. The van der Waals surface area contributed by atoms with Crippen molar-refractivity contribution in [1.29, 1.82) is 0 Å². The van der Waals surface area contributed by atoms with Crippen LogP contribution in [-0.2, 0) is 32.7 Å². The molecule has 0 bridgehead atoms. The summed E-state index contributed by atoms with van der Waals surface area (Å²) in [6.45, 7) is 8.19. The van der Waals surface area contributed by atoms with Gasteiger partial charge in [-0.05, 0) is 6.04 Å². The zero-order chi connectivity index (χ0) is 4.99. The summed E-state index contributed by atoms with van der Waals surface area (Å²) < 4.78 is 0. The molecule has 2 heteroatoms. The summed E-state index contributed by atoms with van der Waals surface area (Å²) in [6.07, 6.45) is 1.99. The maximum atomic E-state index is 3.63. The standard InChI is InChI=1S/C5H11Si.Y/c1-4-5-6(2)3;/h4H,1,5H2,2-3H3;. The van der Waals surface area contributed by atoms with E-state index >= 15 is 0 Å². The zero-order valence-corrected chi connectivity index (χ0v) is 8.91. The Labute approximate surface area is 72.9 Å². The summed E-state index contributed by atoms with van der Waals surface area (Å²) in [6, 6.07) is 1.24. The Morgan fingerprint density at radius 1 is 1.57 bits per heavy atom. The van der Waals surface area contributed by atoms with Crippen molar-refractivity contribution in [2.45, 2.75) is 19.1 Å². The van der Waals surface area contributed by atoms with Crippen molar-refractivity contribution in [3.8, 4) is 0 Å². The second-order valence-corrected chi connectivity index (χ2v) is 4.52. The van der Waals surface area contributed by atoms with Gasteiger partial charge in [0.2, 0.25) is 0 Å². The van der Waals surface area contributed by atoms with Crippen LogP contribution in [0.15, 0.2) is 12.7 Å². The molecule has 0 unspecified atom stereocenters. The van der Waals surface area contributed by atoms with E-state index in [9.17, 15) is 0 Å². The second-order valence-electron chi connectivity index (χ2n) is 1.70. The van der Waals surface area contributed by atoms with Gasteiger partial charge in [0.15, 0.2) is 0 Å². The van der Waals surface area contributed by atoms with Gasteiger partial charge in [0.05, 0.1) is 0 Å². The van der Waals surface area contributed by atoms with E-state index in [0.717, 1.165) is 0 Å². The van der Waals surface area contributed by atoms with Crippen molar-refractivity contribution in [1.82, 2.24) is 0 Å². The fraction of sp³-hybridized carbons (Fsp3) is 0.600. The van der Waals surface area contributed by atoms with Crippen molar-refractivity contribution in [2.75, 3.05) is 0 Å². The molecule has 0 aliphatic carbocycles. The Morgan fingerprint density at radius 3 is 2.00 bits per heavy atom. The second kappa shape index (κ2) is 7.06. The number of hydrogen-bond donors (Lipinski definition) is 0. The normalized spacial score (nSPS) is 7.86. The Balaban J connectivity index is 0.